The van der Waals surface area contributed by atoms with E-state index in [2.05, 4.69) is 10.3 Å². The maximum absolute atomic E-state index is 13.6. The van der Waals surface area contributed by atoms with E-state index in [1.807, 2.05) is 36.4 Å². The lowest BCUT2D eigenvalue weighted by atomic mass is 9.94. The molecule has 0 aliphatic carbocycles. The van der Waals surface area contributed by atoms with E-state index in [-0.39, 0.29) is 5.69 Å². The van der Waals surface area contributed by atoms with Gasteiger partial charge in [0.2, 0.25) is 0 Å². The summed E-state index contributed by atoms with van der Waals surface area (Å²) in [6, 6.07) is 20.0. The first-order valence-electron chi connectivity index (χ1n) is 9.82. The number of hydrogen-bond donors (Lipinski definition) is 2. The van der Waals surface area contributed by atoms with Gasteiger partial charge in [0.25, 0.3) is 0 Å². The van der Waals surface area contributed by atoms with E-state index >= 15 is 0 Å². The van der Waals surface area contributed by atoms with E-state index in [9.17, 15) is 18.3 Å². The molecule has 3 aromatic carbocycles. The van der Waals surface area contributed by atoms with Gasteiger partial charge in [-0.25, -0.2) is 4.52 Å². The summed E-state index contributed by atoms with van der Waals surface area (Å²) in [6.07, 6.45) is -4.51. The number of aromatic nitrogens is 3. The molecule has 0 aliphatic rings. The van der Waals surface area contributed by atoms with Crippen LogP contribution in [0.4, 0.5) is 18.9 Å². The molecule has 5 rings (SSSR count). The van der Waals surface area contributed by atoms with Crippen LogP contribution in [0.25, 0.3) is 22.0 Å². The molecule has 0 saturated heterocycles. The molecular formula is C24H17F3N4O. The molecule has 32 heavy (non-hydrogen) atoms. The minimum Gasteiger partial charge on any atom is -0.399 e. The maximum atomic E-state index is 13.6. The molecule has 2 heterocycles. The van der Waals surface area contributed by atoms with Crippen LogP contribution in [0.15, 0.2) is 72.8 Å². The molecule has 5 aromatic rings. The van der Waals surface area contributed by atoms with Gasteiger partial charge >= 0.3 is 6.18 Å². The standard InChI is InChI=1S/C24H17F3N4O/c25-24(26,27)16-9-10-20-18(12-16)22(23-19(13-32)29-30-31(20)23)21(14-5-2-1-3-6-14)15-7-4-8-17(28)11-15/h1-12,32H,13,28H2/b22-21-. The Morgan fingerprint density at radius 3 is 2.38 bits per heavy atom. The van der Waals surface area contributed by atoms with E-state index in [4.69, 9.17) is 5.73 Å². The maximum Gasteiger partial charge on any atom is 0.416 e. The van der Waals surface area contributed by atoms with Crippen molar-refractivity contribution in [1.82, 2.24) is 14.8 Å². The second kappa shape index (κ2) is 7.35. The van der Waals surface area contributed by atoms with Crippen molar-refractivity contribution in [1.29, 1.82) is 0 Å². The van der Waals surface area contributed by atoms with Crippen LogP contribution < -0.4 is 11.0 Å². The number of aliphatic hydroxyl groups excluding tert-OH is 1. The smallest absolute Gasteiger partial charge is 0.399 e. The number of halogens is 3. The summed E-state index contributed by atoms with van der Waals surface area (Å²) in [4.78, 5) is 0. The van der Waals surface area contributed by atoms with E-state index in [1.54, 1.807) is 18.2 Å². The zero-order chi connectivity index (χ0) is 22.5. The number of nitrogens with two attached hydrogens (primary N) is 1. The van der Waals surface area contributed by atoms with Crippen molar-refractivity contribution >= 4 is 27.7 Å². The number of aliphatic hydroxyl groups is 1. The summed E-state index contributed by atoms with van der Waals surface area (Å²) >= 11 is 0. The van der Waals surface area contributed by atoms with Crippen molar-refractivity contribution in [2.24, 2.45) is 0 Å². The van der Waals surface area contributed by atoms with Gasteiger partial charge in [0.15, 0.2) is 0 Å². The summed E-state index contributed by atoms with van der Waals surface area (Å²) < 4.78 is 42.2. The number of rotatable bonds is 3. The largest absolute Gasteiger partial charge is 0.416 e. The highest BCUT2D eigenvalue weighted by Gasteiger charge is 2.31. The third-order valence-electron chi connectivity index (χ3n) is 5.44. The van der Waals surface area contributed by atoms with Crippen LogP contribution in [0.5, 0.6) is 0 Å². The van der Waals surface area contributed by atoms with Crippen molar-refractivity contribution in [3.63, 3.8) is 0 Å². The zero-order valence-corrected chi connectivity index (χ0v) is 16.6. The van der Waals surface area contributed by atoms with Crippen LogP contribution in [0, 0.1) is 0 Å². The third kappa shape index (κ3) is 3.16. The normalized spacial score (nSPS) is 13.1. The number of hydrogen-bond acceptors (Lipinski definition) is 4. The molecule has 3 N–H and O–H groups in total. The van der Waals surface area contributed by atoms with Crippen LogP contribution in [-0.4, -0.2) is 19.9 Å². The van der Waals surface area contributed by atoms with Gasteiger partial charge in [-0.3, -0.25) is 0 Å². The van der Waals surface area contributed by atoms with Gasteiger partial charge in [0.1, 0.15) is 11.2 Å². The quantitative estimate of drug-likeness (QED) is 0.422. The first-order valence-corrected chi connectivity index (χ1v) is 9.82. The minimum absolute atomic E-state index is 0.280. The summed E-state index contributed by atoms with van der Waals surface area (Å²) in [7, 11) is 0. The van der Waals surface area contributed by atoms with Crippen LogP contribution in [0.2, 0.25) is 0 Å². The van der Waals surface area contributed by atoms with Crippen molar-refractivity contribution in [3.8, 4) is 0 Å². The van der Waals surface area contributed by atoms with Crippen LogP contribution in [0.3, 0.4) is 0 Å². The Bertz CT molecular complexity index is 1510. The predicted molar refractivity (Wildman–Crippen MR) is 116 cm³/mol. The monoisotopic (exact) mass is 434 g/mol. The number of alkyl halides is 3. The fourth-order valence-corrected chi connectivity index (χ4v) is 4.07. The van der Waals surface area contributed by atoms with Gasteiger partial charge in [0, 0.05) is 16.3 Å². The lowest BCUT2D eigenvalue weighted by Gasteiger charge is -2.11. The Hall–Kier alpha value is -3.91. The van der Waals surface area contributed by atoms with Gasteiger partial charge < -0.3 is 10.8 Å². The van der Waals surface area contributed by atoms with Crippen molar-refractivity contribution < 1.29 is 18.3 Å². The first kappa shape index (κ1) is 20.0. The molecule has 0 atom stereocenters. The van der Waals surface area contributed by atoms with Crippen molar-refractivity contribution in [2.75, 3.05) is 5.73 Å². The van der Waals surface area contributed by atoms with E-state index in [0.29, 0.717) is 32.9 Å². The Kier molecular flexibility index (Phi) is 4.60. The first-order chi connectivity index (χ1) is 15.4. The Morgan fingerprint density at radius 1 is 0.938 bits per heavy atom. The molecule has 0 fully saturated rings. The summed E-state index contributed by atoms with van der Waals surface area (Å²) in [5.41, 5.74) is 9.19. The van der Waals surface area contributed by atoms with Gasteiger partial charge in [0.05, 0.1) is 17.7 Å². The van der Waals surface area contributed by atoms with Crippen LogP contribution in [0.1, 0.15) is 22.4 Å². The molecule has 2 aromatic heterocycles. The molecule has 0 saturated carbocycles. The fourth-order valence-electron chi connectivity index (χ4n) is 4.07. The summed E-state index contributed by atoms with van der Waals surface area (Å²) in [5, 5.41) is 18.9. The molecule has 160 valence electrons. The molecule has 0 bridgehead atoms. The Balaban J connectivity index is 2.07. The van der Waals surface area contributed by atoms with Crippen molar-refractivity contribution in [2.45, 2.75) is 12.8 Å². The second-order valence-corrected chi connectivity index (χ2v) is 7.43. The van der Waals surface area contributed by atoms with E-state index < -0.39 is 18.3 Å². The highest BCUT2D eigenvalue weighted by molar-refractivity contribution is 5.96. The van der Waals surface area contributed by atoms with Crippen molar-refractivity contribution in [3.05, 3.63) is 100 Å². The molecular weight excluding hydrogens is 417 g/mol. The van der Waals surface area contributed by atoms with Gasteiger partial charge in [-0.1, -0.05) is 47.7 Å². The zero-order valence-electron chi connectivity index (χ0n) is 16.6. The summed E-state index contributed by atoms with van der Waals surface area (Å²) in [6.45, 7) is -0.405. The second-order valence-electron chi connectivity index (χ2n) is 7.43. The number of anilines is 1. The number of nitrogens with zero attached hydrogens (tertiary/aromatic N) is 3. The highest BCUT2D eigenvalue weighted by atomic mass is 19.4. The highest BCUT2D eigenvalue weighted by Crippen LogP contribution is 2.32. The van der Waals surface area contributed by atoms with Gasteiger partial charge in [-0.2, -0.15) is 13.2 Å². The number of benzene rings is 3. The minimum atomic E-state index is -4.51. The molecule has 0 amide bonds. The third-order valence-corrected chi connectivity index (χ3v) is 5.44. The Morgan fingerprint density at radius 2 is 1.69 bits per heavy atom. The average molecular weight is 434 g/mol. The summed E-state index contributed by atoms with van der Waals surface area (Å²) in [5.74, 6) is 0. The average Bonchev–Trinajstić information content (AvgIpc) is 3.33. The number of nitrogen functional groups attached to an aromatic ring is 1. The number of fused-ring (bicyclic) bond motifs is 3. The topological polar surface area (TPSA) is 76.4 Å². The van der Waals surface area contributed by atoms with Crippen LogP contribution in [-0.2, 0) is 12.8 Å². The van der Waals surface area contributed by atoms with Gasteiger partial charge in [-0.05, 0) is 47.0 Å². The molecule has 5 nitrogen and oxygen atoms in total. The molecule has 8 heteroatoms. The van der Waals surface area contributed by atoms with Crippen LogP contribution >= 0.6 is 0 Å². The molecule has 0 aliphatic heterocycles. The van der Waals surface area contributed by atoms with Gasteiger partial charge in [-0.15, -0.1) is 5.10 Å². The Labute approximate surface area is 180 Å². The molecule has 0 radical (unpaired) electrons. The lowest BCUT2D eigenvalue weighted by Crippen LogP contribution is -2.11. The molecule has 0 spiro atoms. The molecule has 0 unspecified atom stereocenters. The lowest BCUT2D eigenvalue weighted by molar-refractivity contribution is -0.137. The van der Waals surface area contributed by atoms with E-state index in [1.165, 1.54) is 10.6 Å². The fraction of sp³-hybridized carbons (Fsp3) is 0.0833. The SMILES string of the molecule is Nc1cccc(/C(c2ccccc2)=c2/c3cc(C(F)(F)F)ccc3n3nnc(CO)c23)c1. The van der Waals surface area contributed by atoms with E-state index in [0.717, 1.165) is 23.3 Å². The predicted octanol–water partition coefficient (Wildman–Crippen LogP) is 3.94.